The van der Waals surface area contributed by atoms with Crippen molar-refractivity contribution in [3.8, 4) is 5.75 Å². The number of carbonyl (C=O) groups excluding carboxylic acids is 2. The standard InChI is InChI=1S/C18H22ClN5O3S/c1-13(25)23-7-9-24(10-8-23)17(26)12-28-18-21-20-16(22(18)2)11-27-15-6-4-3-5-14(15)19/h3-6H,7-12H2,1-2H3. The van der Waals surface area contributed by atoms with Gasteiger partial charge in [-0.2, -0.15) is 0 Å². The van der Waals surface area contributed by atoms with Crippen LogP contribution in [0.2, 0.25) is 5.02 Å². The Morgan fingerprint density at radius 2 is 1.82 bits per heavy atom. The molecule has 0 spiro atoms. The molecule has 2 heterocycles. The first-order chi connectivity index (χ1) is 13.5. The monoisotopic (exact) mass is 423 g/mol. The number of rotatable bonds is 6. The van der Waals surface area contributed by atoms with Crippen molar-refractivity contribution in [2.75, 3.05) is 31.9 Å². The van der Waals surface area contributed by atoms with E-state index >= 15 is 0 Å². The van der Waals surface area contributed by atoms with Crippen LogP contribution in [0, 0.1) is 0 Å². The van der Waals surface area contributed by atoms with Crippen LogP contribution >= 0.6 is 23.4 Å². The first-order valence-electron chi connectivity index (χ1n) is 8.87. The molecular weight excluding hydrogens is 402 g/mol. The highest BCUT2D eigenvalue weighted by Crippen LogP contribution is 2.24. The maximum absolute atomic E-state index is 12.4. The van der Waals surface area contributed by atoms with E-state index in [0.29, 0.717) is 47.9 Å². The Bertz CT molecular complexity index is 851. The Morgan fingerprint density at radius 3 is 2.50 bits per heavy atom. The summed E-state index contributed by atoms with van der Waals surface area (Å²) in [5.74, 6) is 1.58. The zero-order valence-corrected chi connectivity index (χ0v) is 17.4. The molecule has 2 aromatic rings. The number of halogens is 1. The smallest absolute Gasteiger partial charge is 0.233 e. The maximum atomic E-state index is 12.4. The van der Waals surface area contributed by atoms with E-state index in [1.54, 1.807) is 28.9 Å². The second-order valence-electron chi connectivity index (χ2n) is 6.35. The van der Waals surface area contributed by atoms with Gasteiger partial charge in [-0.1, -0.05) is 35.5 Å². The number of aromatic nitrogens is 3. The molecule has 28 heavy (non-hydrogen) atoms. The first kappa shape index (κ1) is 20.5. The fraction of sp³-hybridized carbons (Fsp3) is 0.444. The van der Waals surface area contributed by atoms with Gasteiger partial charge in [-0.05, 0) is 12.1 Å². The van der Waals surface area contributed by atoms with Crippen LogP contribution in [0.3, 0.4) is 0 Å². The van der Waals surface area contributed by atoms with Gasteiger partial charge in [-0.25, -0.2) is 0 Å². The zero-order chi connectivity index (χ0) is 20.1. The predicted molar refractivity (Wildman–Crippen MR) is 106 cm³/mol. The molecule has 1 aromatic carbocycles. The number of hydrogen-bond donors (Lipinski definition) is 0. The molecule has 0 saturated carbocycles. The second-order valence-corrected chi connectivity index (χ2v) is 7.70. The average molecular weight is 424 g/mol. The fourth-order valence-corrected chi connectivity index (χ4v) is 3.81. The van der Waals surface area contributed by atoms with E-state index in [-0.39, 0.29) is 24.2 Å². The van der Waals surface area contributed by atoms with E-state index in [2.05, 4.69) is 10.2 Å². The van der Waals surface area contributed by atoms with E-state index in [4.69, 9.17) is 16.3 Å². The Hall–Kier alpha value is -2.26. The third-order valence-corrected chi connectivity index (χ3v) is 5.84. The molecule has 0 unspecified atom stereocenters. The molecule has 0 radical (unpaired) electrons. The lowest BCUT2D eigenvalue weighted by atomic mass is 10.3. The lowest BCUT2D eigenvalue weighted by Crippen LogP contribution is -2.50. The number of carbonyl (C=O) groups is 2. The largest absolute Gasteiger partial charge is 0.484 e. The van der Waals surface area contributed by atoms with E-state index in [0.717, 1.165) is 0 Å². The Balaban J connectivity index is 1.50. The summed E-state index contributed by atoms with van der Waals surface area (Å²) < 4.78 is 7.50. The van der Waals surface area contributed by atoms with E-state index in [1.165, 1.54) is 11.8 Å². The first-order valence-corrected chi connectivity index (χ1v) is 10.2. The van der Waals surface area contributed by atoms with Crippen molar-refractivity contribution in [1.29, 1.82) is 0 Å². The number of thioether (sulfide) groups is 1. The van der Waals surface area contributed by atoms with Crippen molar-refractivity contribution in [2.24, 2.45) is 7.05 Å². The molecule has 1 aliphatic rings. The van der Waals surface area contributed by atoms with Gasteiger partial charge in [0.1, 0.15) is 12.4 Å². The number of para-hydroxylation sites is 1. The Labute approximate surface area is 172 Å². The maximum Gasteiger partial charge on any atom is 0.233 e. The lowest BCUT2D eigenvalue weighted by Gasteiger charge is -2.34. The normalized spacial score (nSPS) is 14.2. The minimum atomic E-state index is 0.0325. The highest BCUT2D eigenvalue weighted by molar-refractivity contribution is 7.99. The summed E-state index contributed by atoms with van der Waals surface area (Å²) >= 11 is 7.42. The number of nitrogens with zero attached hydrogens (tertiary/aromatic N) is 5. The highest BCUT2D eigenvalue weighted by Gasteiger charge is 2.23. The van der Waals surface area contributed by atoms with Crippen LogP contribution in [-0.4, -0.2) is 68.3 Å². The SMILES string of the molecule is CC(=O)N1CCN(C(=O)CSc2nnc(COc3ccccc3Cl)n2C)CC1. The van der Waals surface area contributed by atoms with Crippen molar-refractivity contribution in [3.63, 3.8) is 0 Å². The quantitative estimate of drug-likeness (QED) is 0.659. The Morgan fingerprint density at radius 1 is 1.14 bits per heavy atom. The van der Waals surface area contributed by atoms with Gasteiger partial charge in [0, 0.05) is 40.2 Å². The summed E-state index contributed by atoms with van der Waals surface area (Å²) in [5.41, 5.74) is 0. The van der Waals surface area contributed by atoms with Gasteiger partial charge >= 0.3 is 0 Å². The van der Waals surface area contributed by atoms with Crippen LogP contribution < -0.4 is 4.74 Å². The summed E-state index contributed by atoms with van der Waals surface area (Å²) in [6, 6.07) is 7.24. The molecule has 10 heteroatoms. The van der Waals surface area contributed by atoms with Gasteiger partial charge in [-0.3, -0.25) is 9.59 Å². The predicted octanol–water partition coefficient (Wildman–Crippen LogP) is 1.83. The summed E-state index contributed by atoms with van der Waals surface area (Å²) in [7, 11) is 1.84. The number of benzene rings is 1. The molecule has 1 aromatic heterocycles. The minimum absolute atomic E-state index is 0.0325. The molecule has 8 nitrogen and oxygen atoms in total. The molecular formula is C18H22ClN5O3S. The molecule has 0 N–H and O–H groups in total. The van der Waals surface area contributed by atoms with E-state index in [1.807, 2.05) is 23.7 Å². The number of piperazine rings is 1. The molecule has 0 aliphatic carbocycles. The molecule has 1 fully saturated rings. The van der Waals surface area contributed by atoms with E-state index < -0.39 is 0 Å². The lowest BCUT2D eigenvalue weighted by molar-refractivity contribution is -0.136. The summed E-state index contributed by atoms with van der Waals surface area (Å²) in [6.45, 7) is 4.07. The van der Waals surface area contributed by atoms with Gasteiger partial charge in [0.2, 0.25) is 11.8 Å². The fourth-order valence-electron chi connectivity index (χ4n) is 2.79. The second kappa shape index (κ2) is 9.29. The molecule has 1 aliphatic heterocycles. The molecule has 0 bridgehead atoms. The third-order valence-electron chi connectivity index (χ3n) is 4.52. The average Bonchev–Trinajstić information content (AvgIpc) is 3.05. The van der Waals surface area contributed by atoms with Gasteiger partial charge in [0.05, 0.1) is 10.8 Å². The topological polar surface area (TPSA) is 80.6 Å². The number of ether oxygens (including phenoxy) is 1. The van der Waals surface area contributed by atoms with Gasteiger partial charge < -0.3 is 19.1 Å². The Kier molecular flexibility index (Phi) is 6.79. The summed E-state index contributed by atoms with van der Waals surface area (Å²) in [6.07, 6.45) is 0. The highest BCUT2D eigenvalue weighted by atomic mass is 35.5. The molecule has 1 saturated heterocycles. The molecule has 150 valence electrons. The van der Waals surface area contributed by atoms with E-state index in [9.17, 15) is 9.59 Å². The van der Waals surface area contributed by atoms with Gasteiger partial charge in [-0.15, -0.1) is 10.2 Å². The zero-order valence-electron chi connectivity index (χ0n) is 15.8. The molecule has 2 amide bonds. The van der Waals surface area contributed by atoms with Crippen molar-refractivity contribution < 1.29 is 14.3 Å². The number of amides is 2. The van der Waals surface area contributed by atoms with Crippen molar-refractivity contribution >= 4 is 35.2 Å². The van der Waals surface area contributed by atoms with Gasteiger partial charge in [0.25, 0.3) is 0 Å². The van der Waals surface area contributed by atoms with Crippen molar-refractivity contribution in [3.05, 3.63) is 35.1 Å². The van der Waals surface area contributed by atoms with Crippen LogP contribution in [0.25, 0.3) is 0 Å². The molecule has 0 atom stereocenters. The van der Waals surface area contributed by atoms with Crippen LogP contribution in [-0.2, 0) is 23.2 Å². The number of hydrogen-bond acceptors (Lipinski definition) is 6. The summed E-state index contributed by atoms with van der Waals surface area (Å²) in [5, 5.41) is 9.46. The van der Waals surface area contributed by atoms with Crippen LogP contribution in [0.4, 0.5) is 0 Å². The summed E-state index contributed by atoms with van der Waals surface area (Å²) in [4.78, 5) is 27.3. The van der Waals surface area contributed by atoms with Crippen LogP contribution in [0.15, 0.2) is 29.4 Å². The third kappa shape index (κ3) is 4.96. The molecule has 3 rings (SSSR count). The minimum Gasteiger partial charge on any atom is -0.484 e. The van der Waals surface area contributed by atoms with Crippen molar-refractivity contribution in [2.45, 2.75) is 18.7 Å². The van der Waals surface area contributed by atoms with Crippen LogP contribution in [0.5, 0.6) is 5.75 Å². The van der Waals surface area contributed by atoms with Crippen molar-refractivity contribution in [1.82, 2.24) is 24.6 Å². The van der Waals surface area contributed by atoms with Gasteiger partial charge in [0.15, 0.2) is 11.0 Å². The van der Waals surface area contributed by atoms with Crippen LogP contribution in [0.1, 0.15) is 12.7 Å².